The summed E-state index contributed by atoms with van der Waals surface area (Å²) in [5.74, 6) is -4.39. The summed E-state index contributed by atoms with van der Waals surface area (Å²) in [6, 6.07) is 1.07. The van der Waals surface area contributed by atoms with E-state index in [1.165, 1.54) is 6.07 Å². The molecule has 1 N–H and O–H groups in total. The first kappa shape index (κ1) is 16.3. The van der Waals surface area contributed by atoms with Crippen LogP contribution in [0.2, 0.25) is 0 Å². The summed E-state index contributed by atoms with van der Waals surface area (Å²) < 4.78 is 57.9. The van der Waals surface area contributed by atoms with Gasteiger partial charge in [0.05, 0.1) is 24.8 Å². The van der Waals surface area contributed by atoms with Crippen molar-refractivity contribution >= 4 is 16.0 Å². The second-order valence-corrected chi connectivity index (χ2v) is 6.25. The molecule has 0 saturated carbocycles. The van der Waals surface area contributed by atoms with Gasteiger partial charge in [0.25, 0.3) is 0 Å². The second kappa shape index (κ2) is 5.96. The van der Waals surface area contributed by atoms with Crippen LogP contribution in [0.25, 0.3) is 0 Å². The Labute approximate surface area is 124 Å². The maximum Gasteiger partial charge on any atom is 0.324 e. The lowest BCUT2D eigenvalue weighted by atomic mass is 10.2. The number of ether oxygens (including phenoxy) is 1. The van der Waals surface area contributed by atoms with Crippen molar-refractivity contribution in [2.75, 3.05) is 19.8 Å². The summed E-state index contributed by atoms with van der Waals surface area (Å²) >= 11 is 0. The molecule has 0 aromatic heterocycles. The predicted octanol–water partition coefficient (Wildman–Crippen LogP) is 0.311. The first-order valence-electron chi connectivity index (χ1n) is 6.00. The Balaban J connectivity index is 2.55. The average molecular weight is 332 g/mol. The number of nitriles is 1. The number of sulfonamides is 1. The van der Waals surface area contributed by atoms with E-state index < -0.39 is 45.2 Å². The van der Waals surface area contributed by atoms with Gasteiger partial charge < -0.3 is 9.84 Å². The van der Waals surface area contributed by atoms with Crippen LogP contribution in [-0.2, 0) is 19.6 Å². The molecule has 1 aliphatic rings. The van der Waals surface area contributed by atoms with Crippen molar-refractivity contribution in [2.24, 2.45) is 0 Å². The molecule has 1 unspecified atom stereocenters. The smallest absolute Gasteiger partial charge is 0.324 e. The fourth-order valence-electron chi connectivity index (χ4n) is 2.06. The van der Waals surface area contributed by atoms with Crippen LogP contribution < -0.4 is 0 Å². The molecule has 1 aliphatic heterocycles. The standard InChI is InChI=1S/C12H10F2N2O5S/c13-8-3-7(5-15)4-9(14)11(8)22(19,20)16-1-2-21-6-10(16)12(17)18/h3-4,10H,1-2,6H2,(H,17,18). The summed E-state index contributed by atoms with van der Waals surface area (Å²) in [5, 5.41) is 17.6. The number of aliphatic carboxylic acids is 1. The van der Waals surface area contributed by atoms with Gasteiger partial charge in [-0.1, -0.05) is 0 Å². The fourth-order valence-corrected chi connectivity index (χ4v) is 3.70. The third-order valence-electron chi connectivity index (χ3n) is 3.06. The van der Waals surface area contributed by atoms with Gasteiger partial charge in [-0.2, -0.15) is 9.57 Å². The third kappa shape index (κ3) is 2.78. The van der Waals surface area contributed by atoms with E-state index in [-0.39, 0.29) is 18.7 Å². The number of hydrogen-bond acceptors (Lipinski definition) is 5. The molecular weight excluding hydrogens is 322 g/mol. The van der Waals surface area contributed by atoms with Gasteiger partial charge in [-0.05, 0) is 12.1 Å². The van der Waals surface area contributed by atoms with Crippen molar-refractivity contribution < 1.29 is 31.8 Å². The fraction of sp³-hybridized carbons (Fsp3) is 0.333. The topological polar surface area (TPSA) is 108 Å². The molecule has 22 heavy (non-hydrogen) atoms. The Bertz CT molecular complexity index is 736. The lowest BCUT2D eigenvalue weighted by Crippen LogP contribution is -2.52. The highest BCUT2D eigenvalue weighted by Crippen LogP contribution is 2.26. The van der Waals surface area contributed by atoms with Gasteiger partial charge in [0.1, 0.15) is 17.7 Å². The van der Waals surface area contributed by atoms with E-state index in [4.69, 9.17) is 15.1 Å². The van der Waals surface area contributed by atoms with Gasteiger partial charge in [0, 0.05) is 6.54 Å². The number of benzene rings is 1. The molecule has 1 heterocycles. The highest BCUT2D eigenvalue weighted by atomic mass is 32.2. The Morgan fingerprint density at radius 1 is 1.41 bits per heavy atom. The molecule has 0 bridgehead atoms. The summed E-state index contributed by atoms with van der Waals surface area (Å²) in [7, 11) is -4.73. The van der Waals surface area contributed by atoms with Gasteiger partial charge in [-0.3, -0.25) is 4.79 Å². The first-order valence-corrected chi connectivity index (χ1v) is 7.44. The zero-order valence-corrected chi connectivity index (χ0v) is 11.8. The van der Waals surface area contributed by atoms with E-state index in [0.29, 0.717) is 16.4 Å². The van der Waals surface area contributed by atoms with Crippen LogP contribution in [0.15, 0.2) is 17.0 Å². The zero-order valence-electron chi connectivity index (χ0n) is 11.0. The van der Waals surface area contributed by atoms with Crippen LogP contribution in [0.4, 0.5) is 8.78 Å². The normalized spacial score (nSPS) is 19.6. The molecule has 1 fully saturated rings. The van der Waals surface area contributed by atoms with Crippen LogP contribution in [0, 0.1) is 23.0 Å². The number of hydrogen-bond donors (Lipinski definition) is 1. The average Bonchev–Trinajstić information content (AvgIpc) is 2.46. The van der Waals surface area contributed by atoms with Crippen molar-refractivity contribution in [1.29, 1.82) is 5.26 Å². The molecule has 0 radical (unpaired) electrons. The van der Waals surface area contributed by atoms with E-state index in [1.54, 1.807) is 0 Å². The SMILES string of the molecule is N#Cc1cc(F)c(S(=O)(=O)N2CCOCC2C(=O)O)c(F)c1. The minimum absolute atomic E-state index is 0.0947. The summed E-state index contributed by atoms with van der Waals surface area (Å²) in [5.41, 5.74) is -0.384. The number of carboxylic acid groups (broad SMARTS) is 1. The van der Waals surface area contributed by atoms with E-state index >= 15 is 0 Å². The van der Waals surface area contributed by atoms with Crippen molar-refractivity contribution in [3.8, 4) is 6.07 Å². The molecule has 1 aromatic carbocycles. The Morgan fingerprint density at radius 3 is 2.50 bits per heavy atom. The number of carbonyl (C=O) groups is 1. The zero-order chi connectivity index (χ0) is 16.5. The monoisotopic (exact) mass is 332 g/mol. The molecule has 0 aliphatic carbocycles. The second-order valence-electron chi connectivity index (χ2n) is 4.43. The molecule has 2 rings (SSSR count). The lowest BCUT2D eigenvalue weighted by Gasteiger charge is -2.31. The Kier molecular flexibility index (Phi) is 4.41. The Hall–Kier alpha value is -2.09. The van der Waals surface area contributed by atoms with E-state index in [9.17, 15) is 22.0 Å². The first-order chi connectivity index (χ1) is 10.3. The minimum Gasteiger partial charge on any atom is -0.480 e. The number of nitrogens with zero attached hydrogens (tertiary/aromatic N) is 2. The molecule has 1 atom stereocenters. The van der Waals surface area contributed by atoms with E-state index in [2.05, 4.69) is 0 Å². The van der Waals surface area contributed by atoms with Crippen molar-refractivity contribution in [3.63, 3.8) is 0 Å². The number of carboxylic acids is 1. The molecule has 0 spiro atoms. The molecule has 10 heteroatoms. The maximum absolute atomic E-state index is 13.9. The Morgan fingerprint density at radius 2 is 2.00 bits per heavy atom. The van der Waals surface area contributed by atoms with Crippen LogP contribution in [0.3, 0.4) is 0 Å². The van der Waals surface area contributed by atoms with Crippen LogP contribution in [0.5, 0.6) is 0 Å². The molecule has 0 amide bonds. The number of morpholine rings is 1. The minimum atomic E-state index is -4.73. The predicted molar refractivity (Wildman–Crippen MR) is 67.2 cm³/mol. The summed E-state index contributed by atoms with van der Waals surface area (Å²) in [6.45, 7) is -0.866. The van der Waals surface area contributed by atoms with E-state index in [0.717, 1.165) is 0 Å². The van der Waals surface area contributed by atoms with E-state index in [1.807, 2.05) is 0 Å². The molecule has 7 nitrogen and oxygen atoms in total. The quantitative estimate of drug-likeness (QED) is 0.853. The van der Waals surface area contributed by atoms with Crippen molar-refractivity contribution in [3.05, 3.63) is 29.3 Å². The summed E-state index contributed by atoms with van der Waals surface area (Å²) in [4.78, 5) is 9.82. The lowest BCUT2D eigenvalue weighted by molar-refractivity contribution is -0.146. The summed E-state index contributed by atoms with van der Waals surface area (Å²) in [6.07, 6.45) is 0. The number of halogens is 2. The van der Waals surface area contributed by atoms with Crippen molar-refractivity contribution in [2.45, 2.75) is 10.9 Å². The molecule has 1 aromatic rings. The van der Waals surface area contributed by atoms with Gasteiger partial charge >= 0.3 is 5.97 Å². The van der Waals surface area contributed by atoms with Crippen molar-refractivity contribution in [1.82, 2.24) is 4.31 Å². The molecule has 118 valence electrons. The molecule has 1 saturated heterocycles. The van der Waals surface area contributed by atoms with Gasteiger partial charge in [-0.25, -0.2) is 17.2 Å². The van der Waals surface area contributed by atoms with Crippen LogP contribution in [-0.4, -0.2) is 49.6 Å². The maximum atomic E-state index is 13.9. The molecular formula is C12H10F2N2O5S. The number of rotatable bonds is 3. The largest absolute Gasteiger partial charge is 0.480 e. The highest BCUT2D eigenvalue weighted by Gasteiger charge is 2.41. The van der Waals surface area contributed by atoms with Gasteiger partial charge in [-0.15, -0.1) is 0 Å². The highest BCUT2D eigenvalue weighted by molar-refractivity contribution is 7.89. The van der Waals surface area contributed by atoms with Crippen LogP contribution >= 0.6 is 0 Å². The third-order valence-corrected chi connectivity index (χ3v) is 5.02. The van der Waals surface area contributed by atoms with Crippen LogP contribution in [0.1, 0.15) is 5.56 Å². The van der Waals surface area contributed by atoms with Gasteiger partial charge in [0.2, 0.25) is 10.0 Å². The van der Waals surface area contributed by atoms with Gasteiger partial charge in [0.15, 0.2) is 4.90 Å².